The van der Waals surface area contributed by atoms with Gasteiger partial charge in [0.25, 0.3) is 0 Å². The SMILES string of the molecule is C.COc1ccc2c(c1)c1c(n2CO)CN2CCc3cc(OC)c(OCc4cc(F)c(F)c(F)c4)cc3C2C1. The summed E-state index contributed by atoms with van der Waals surface area (Å²) < 4.78 is 59.7. The molecule has 6 rings (SSSR count). The summed E-state index contributed by atoms with van der Waals surface area (Å²) in [5.41, 5.74) is 5.67. The Hall–Kier alpha value is -3.69. The van der Waals surface area contributed by atoms with Crippen molar-refractivity contribution in [3.63, 3.8) is 0 Å². The van der Waals surface area contributed by atoms with Gasteiger partial charge in [0, 0.05) is 30.2 Å². The second-order valence-electron chi connectivity index (χ2n) is 9.68. The number of hydrogen-bond acceptors (Lipinski definition) is 5. The van der Waals surface area contributed by atoms with E-state index in [4.69, 9.17) is 14.2 Å². The molecule has 6 nitrogen and oxygen atoms in total. The topological polar surface area (TPSA) is 56.1 Å². The van der Waals surface area contributed by atoms with Crippen LogP contribution in [-0.4, -0.2) is 35.3 Å². The lowest BCUT2D eigenvalue weighted by Gasteiger charge is -2.41. The van der Waals surface area contributed by atoms with Crippen LogP contribution in [0.25, 0.3) is 10.9 Å². The van der Waals surface area contributed by atoms with Crippen molar-refractivity contribution < 1.29 is 32.5 Å². The van der Waals surface area contributed by atoms with Crippen LogP contribution in [0, 0.1) is 17.5 Å². The van der Waals surface area contributed by atoms with Gasteiger partial charge in [0.1, 0.15) is 19.1 Å². The van der Waals surface area contributed by atoms with Crippen molar-refractivity contribution in [1.82, 2.24) is 9.47 Å². The van der Waals surface area contributed by atoms with Gasteiger partial charge < -0.3 is 23.9 Å². The maximum atomic E-state index is 13.7. The Balaban J connectivity index is 0.00000308. The highest BCUT2D eigenvalue weighted by Crippen LogP contribution is 2.45. The lowest BCUT2D eigenvalue weighted by atomic mass is 9.85. The molecule has 0 bridgehead atoms. The zero-order chi connectivity index (χ0) is 26.6. The molecule has 2 aliphatic heterocycles. The molecule has 206 valence electrons. The maximum Gasteiger partial charge on any atom is 0.194 e. The predicted octanol–water partition coefficient (Wildman–Crippen LogP) is 5.90. The Morgan fingerprint density at radius 1 is 0.974 bits per heavy atom. The van der Waals surface area contributed by atoms with Crippen LogP contribution in [0.5, 0.6) is 17.2 Å². The number of hydrogen-bond donors (Lipinski definition) is 1. The molecule has 0 saturated heterocycles. The van der Waals surface area contributed by atoms with Crippen LogP contribution in [0.2, 0.25) is 0 Å². The van der Waals surface area contributed by atoms with Gasteiger partial charge in [-0.15, -0.1) is 0 Å². The summed E-state index contributed by atoms with van der Waals surface area (Å²) in [6, 6.07) is 11.7. The first kappa shape index (κ1) is 26.9. The molecule has 1 N–H and O–H groups in total. The Labute approximate surface area is 225 Å². The average molecular weight is 541 g/mol. The number of halogens is 3. The molecule has 0 saturated carbocycles. The predicted molar refractivity (Wildman–Crippen MR) is 142 cm³/mol. The van der Waals surface area contributed by atoms with Crippen LogP contribution >= 0.6 is 0 Å². The van der Waals surface area contributed by atoms with Gasteiger partial charge >= 0.3 is 0 Å². The molecular weight excluding hydrogens is 509 g/mol. The number of methoxy groups -OCH3 is 2. The fourth-order valence-corrected chi connectivity index (χ4v) is 5.85. The van der Waals surface area contributed by atoms with Gasteiger partial charge in [0.15, 0.2) is 29.0 Å². The first-order valence-corrected chi connectivity index (χ1v) is 12.4. The standard InChI is InChI=1S/C29H27F3N2O4.CH4/c1-36-18-3-4-24-20(10-18)21-11-25-19-12-28(38-14-16-7-22(30)29(32)23(31)8-16)27(37-2)9-17(19)5-6-33(25)13-26(21)34(24)15-35;/h3-4,7-10,12,25,35H,5-6,11,13-15H2,1-2H3;1H4. The zero-order valence-electron chi connectivity index (χ0n) is 21.1. The molecule has 39 heavy (non-hydrogen) atoms. The number of aromatic nitrogens is 1. The summed E-state index contributed by atoms with van der Waals surface area (Å²) in [7, 11) is 3.18. The lowest BCUT2D eigenvalue weighted by Crippen LogP contribution is -2.39. The number of ether oxygens (including phenoxy) is 3. The molecule has 0 spiro atoms. The molecule has 9 heteroatoms. The molecule has 4 aromatic rings. The second kappa shape index (κ2) is 10.5. The Morgan fingerprint density at radius 2 is 1.74 bits per heavy atom. The van der Waals surface area contributed by atoms with E-state index >= 15 is 0 Å². The van der Waals surface area contributed by atoms with E-state index in [0.29, 0.717) is 18.0 Å². The molecule has 1 unspecified atom stereocenters. The minimum Gasteiger partial charge on any atom is -0.497 e. The summed E-state index contributed by atoms with van der Waals surface area (Å²) in [5, 5.41) is 11.2. The Kier molecular flexibility index (Phi) is 7.22. The number of aliphatic hydroxyl groups is 1. The minimum atomic E-state index is -1.50. The number of nitrogens with zero attached hydrogens (tertiary/aromatic N) is 2. The molecule has 0 aliphatic carbocycles. The summed E-state index contributed by atoms with van der Waals surface area (Å²) in [6.07, 6.45) is 1.55. The van der Waals surface area contributed by atoms with Crippen LogP contribution in [0.1, 0.15) is 41.4 Å². The van der Waals surface area contributed by atoms with Crippen LogP contribution in [-0.2, 0) is 32.7 Å². The second-order valence-corrected chi connectivity index (χ2v) is 9.68. The molecule has 0 radical (unpaired) electrons. The quantitative estimate of drug-likeness (QED) is 0.309. The van der Waals surface area contributed by atoms with Crippen molar-refractivity contribution in [2.75, 3.05) is 20.8 Å². The Morgan fingerprint density at radius 3 is 2.44 bits per heavy atom. The molecule has 1 aromatic heterocycles. The minimum absolute atomic E-state index is 0. The van der Waals surface area contributed by atoms with E-state index in [2.05, 4.69) is 4.90 Å². The van der Waals surface area contributed by atoms with Gasteiger partial charge in [-0.05, 0) is 77.6 Å². The fourth-order valence-electron chi connectivity index (χ4n) is 5.85. The smallest absolute Gasteiger partial charge is 0.194 e. The summed E-state index contributed by atoms with van der Waals surface area (Å²) in [4.78, 5) is 2.40. The number of benzene rings is 3. The van der Waals surface area contributed by atoms with Crippen molar-refractivity contribution in [2.24, 2.45) is 0 Å². The highest BCUT2D eigenvalue weighted by molar-refractivity contribution is 5.87. The molecule has 3 heterocycles. The van der Waals surface area contributed by atoms with Gasteiger partial charge in [-0.2, -0.15) is 0 Å². The third-order valence-electron chi connectivity index (χ3n) is 7.72. The fraction of sp³-hybridized carbons (Fsp3) is 0.333. The molecule has 0 fully saturated rings. The van der Waals surface area contributed by atoms with Crippen molar-refractivity contribution in [2.45, 2.75) is 46.2 Å². The van der Waals surface area contributed by atoms with Crippen LogP contribution in [0.3, 0.4) is 0 Å². The van der Waals surface area contributed by atoms with E-state index < -0.39 is 17.5 Å². The highest BCUT2D eigenvalue weighted by atomic mass is 19.2. The van der Waals surface area contributed by atoms with Gasteiger partial charge in [0.05, 0.1) is 19.7 Å². The van der Waals surface area contributed by atoms with E-state index in [0.717, 1.165) is 65.0 Å². The van der Waals surface area contributed by atoms with Gasteiger partial charge in [-0.3, -0.25) is 4.90 Å². The number of fused-ring (bicyclic) bond motifs is 6. The number of rotatable bonds is 6. The van der Waals surface area contributed by atoms with Crippen LogP contribution in [0.4, 0.5) is 13.2 Å². The van der Waals surface area contributed by atoms with Crippen molar-refractivity contribution in [3.05, 3.63) is 87.9 Å². The molecular formula is C30H31F3N2O4. The average Bonchev–Trinajstić information content (AvgIpc) is 3.24. The first-order chi connectivity index (χ1) is 18.4. The van der Waals surface area contributed by atoms with E-state index in [-0.39, 0.29) is 32.4 Å². The van der Waals surface area contributed by atoms with Gasteiger partial charge in [0.2, 0.25) is 0 Å². The lowest BCUT2D eigenvalue weighted by molar-refractivity contribution is 0.145. The molecule has 1 atom stereocenters. The maximum absolute atomic E-state index is 13.7. The van der Waals surface area contributed by atoms with Crippen molar-refractivity contribution in [1.29, 1.82) is 0 Å². The monoisotopic (exact) mass is 540 g/mol. The third-order valence-corrected chi connectivity index (χ3v) is 7.72. The van der Waals surface area contributed by atoms with Crippen molar-refractivity contribution >= 4 is 10.9 Å². The largest absolute Gasteiger partial charge is 0.497 e. The van der Waals surface area contributed by atoms with Crippen LogP contribution < -0.4 is 14.2 Å². The molecule has 0 amide bonds. The summed E-state index contributed by atoms with van der Waals surface area (Å²) >= 11 is 0. The summed E-state index contributed by atoms with van der Waals surface area (Å²) in [6.45, 7) is 1.29. The molecule has 2 aliphatic rings. The first-order valence-electron chi connectivity index (χ1n) is 12.4. The van der Waals surface area contributed by atoms with E-state index in [1.165, 1.54) is 5.56 Å². The molecule has 3 aromatic carbocycles. The normalized spacial score (nSPS) is 16.2. The van der Waals surface area contributed by atoms with Crippen molar-refractivity contribution in [3.8, 4) is 17.2 Å². The Bertz CT molecular complexity index is 1530. The van der Waals surface area contributed by atoms with Crippen LogP contribution in [0.15, 0.2) is 42.5 Å². The van der Waals surface area contributed by atoms with E-state index in [9.17, 15) is 18.3 Å². The van der Waals surface area contributed by atoms with E-state index in [1.54, 1.807) is 14.2 Å². The summed E-state index contributed by atoms with van der Waals surface area (Å²) in [5.74, 6) is -2.28. The van der Waals surface area contributed by atoms with Gasteiger partial charge in [-0.1, -0.05) is 7.43 Å². The zero-order valence-corrected chi connectivity index (χ0v) is 21.1. The number of aliphatic hydroxyl groups excluding tert-OH is 1. The third kappa shape index (κ3) is 4.49. The van der Waals surface area contributed by atoms with Gasteiger partial charge in [-0.25, -0.2) is 13.2 Å². The van der Waals surface area contributed by atoms with E-state index in [1.807, 2.05) is 34.9 Å². The highest BCUT2D eigenvalue weighted by Gasteiger charge is 2.36.